The summed E-state index contributed by atoms with van der Waals surface area (Å²) in [6.45, 7) is 4.23. The number of aromatic nitrogens is 3. The highest BCUT2D eigenvalue weighted by molar-refractivity contribution is 5.97. The van der Waals surface area contributed by atoms with Crippen LogP contribution in [0.5, 0.6) is 6.01 Å². The van der Waals surface area contributed by atoms with Gasteiger partial charge in [-0.2, -0.15) is 4.98 Å². The van der Waals surface area contributed by atoms with E-state index in [1.165, 1.54) is 6.07 Å². The number of carbonyl (C=O) groups is 1. The molecule has 0 aliphatic rings. The molecule has 0 aliphatic carbocycles. The number of aromatic carboxylic acids is 1. The molecular formula is C14H13N3O3. The number of ether oxygens (including phenoxy) is 1. The number of carboxylic acids is 1. The first-order valence-electron chi connectivity index (χ1n) is 6.25. The monoisotopic (exact) mass is 271 g/mol. The van der Waals surface area contributed by atoms with Gasteiger partial charge >= 0.3 is 12.0 Å². The van der Waals surface area contributed by atoms with E-state index in [1.807, 2.05) is 20.0 Å². The van der Waals surface area contributed by atoms with E-state index >= 15 is 0 Å². The minimum Gasteiger partial charge on any atom is -0.478 e. The first kappa shape index (κ1) is 12.4. The van der Waals surface area contributed by atoms with Crippen molar-refractivity contribution in [3.8, 4) is 6.01 Å². The fraction of sp³-hybridized carbons (Fsp3) is 0.214. The van der Waals surface area contributed by atoms with Crippen LogP contribution in [-0.2, 0) is 0 Å². The van der Waals surface area contributed by atoms with Crippen LogP contribution in [0.25, 0.3) is 16.6 Å². The zero-order chi connectivity index (χ0) is 14.3. The molecule has 0 bridgehead atoms. The fourth-order valence-electron chi connectivity index (χ4n) is 2.17. The normalized spacial score (nSPS) is 11.1. The lowest BCUT2D eigenvalue weighted by molar-refractivity contribution is 0.0697. The summed E-state index contributed by atoms with van der Waals surface area (Å²) in [6.07, 6.45) is 1.85. The van der Waals surface area contributed by atoms with Gasteiger partial charge in [0.1, 0.15) is 0 Å². The molecular weight excluding hydrogens is 258 g/mol. The second-order valence-electron chi connectivity index (χ2n) is 4.44. The molecule has 20 heavy (non-hydrogen) atoms. The van der Waals surface area contributed by atoms with Crippen molar-refractivity contribution in [2.75, 3.05) is 6.61 Å². The molecule has 0 amide bonds. The van der Waals surface area contributed by atoms with Crippen LogP contribution >= 0.6 is 0 Å². The van der Waals surface area contributed by atoms with Crippen molar-refractivity contribution >= 4 is 22.5 Å². The highest BCUT2D eigenvalue weighted by atomic mass is 16.5. The zero-order valence-corrected chi connectivity index (χ0v) is 11.1. The number of rotatable bonds is 3. The van der Waals surface area contributed by atoms with Gasteiger partial charge in [0.15, 0.2) is 5.65 Å². The summed E-state index contributed by atoms with van der Waals surface area (Å²) < 4.78 is 7.28. The van der Waals surface area contributed by atoms with Gasteiger partial charge < -0.3 is 9.84 Å². The number of imidazole rings is 1. The molecule has 0 fully saturated rings. The maximum atomic E-state index is 11.0. The molecule has 3 rings (SSSR count). The van der Waals surface area contributed by atoms with Gasteiger partial charge in [-0.25, -0.2) is 9.78 Å². The molecule has 0 radical (unpaired) electrons. The summed E-state index contributed by atoms with van der Waals surface area (Å²) in [7, 11) is 0. The average Bonchev–Trinajstić information content (AvgIpc) is 2.80. The first-order chi connectivity index (χ1) is 9.60. The second-order valence-corrected chi connectivity index (χ2v) is 4.44. The Morgan fingerprint density at radius 3 is 2.90 bits per heavy atom. The SMILES string of the molecule is CCOc1nc2cc(C(=O)O)ccc2c2nc(C)cn12. The van der Waals surface area contributed by atoms with Crippen LogP contribution in [0.3, 0.4) is 0 Å². The lowest BCUT2D eigenvalue weighted by Gasteiger charge is -2.08. The zero-order valence-electron chi connectivity index (χ0n) is 11.1. The fourth-order valence-corrected chi connectivity index (χ4v) is 2.17. The van der Waals surface area contributed by atoms with Crippen molar-refractivity contribution in [3.63, 3.8) is 0 Å². The Labute approximate surface area is 114 Å². The molecule has 0 spiro atoms. The van der Waals surface area contributed by atoms with E-state index in [9.17, 15) is 4.79 Å². The summed E-state index contributed by atoms with van der Waals surface area (Å²) in [5, 5.41) is 9.85. The standard InChI is InChI=1S/C14H13N3O3/c1-3-20-14-16-11-6-9(13(18)19)4-5-10(11)12-15-8(2)7-17(12)14/h4-7H,3H2,1-2H3,(H,18,19). The van der Waals surface area contributed by atoms with Crippen molar-refractivity contribution in [1.29, 1.82) is 0 Å². The number of aryl methyl sites for hydroxylation is 1. The number of hydrogen-bond donors (Lipinski definition) is 1. The Morgan fingerprint density at radius 2 is 2.20 bits per heavy atom. The summed E-state index contributed by atoms with van der Waals surface area (Å²) in [5.74, 6) is -0.981. The van der Waals surface area contributed by atoms with Crippen LogP contribution in [0.1, 0.15) is 23.0 Å². The molecule has 0 atom stereocenters. The van der Waals surface area contributed by atoms with E-state index in [-0.39, 0.29) is 5.56 Å². The van der Waals surface area contributed by atoms with Gasteiger partial charge in [0.2, 0.25) is 0 Å². The highest BCUT2D eigenvalue weighted by Gasteiger charge is 2.13. The molecule has 1 N–H and O–H groups in total. The Morgan fingerprint density at radius 1 is 1.40 bits per heavy atom. The molecule has 6 heteroatoms. The Hall–Kier alpha value is -2.63. The minimum absolute atomic E-state index is 0.195. The predicted molar refractivity (Wildman–Crippen MR) is 73.4 cm³/mol. The van der Waals surface area contributed by atoms with Crippen LogP contribution in [-0.4, -0.2) is 32.1 Å². The van der Waals surface area contributed by atoms with E-state index in [2.05, 4.69) is 9.97 Å². The topological polar surface area (TPSA) is 76.7 Å². The van der Waals surface area contributed by atoms with Crippen molar-refractivity contribution in [3.05, 3.63) is 35.7 Å². The number of hydrogen-bond acceptors (Lipinski definition) is 4. The van der Waals surface area contributed by atoms with Crippen molar-refractivity contribution in [2.45, 2.75) is 13.8 Å². The van der Waals surface area contributed by atoms with Crippen molar-refractivity contribution < 1.29 is 14.6 Å². The average molecular weight is 271 g/mol. The highest BCUT2D eigenvalue weighted by Crippen LogP contribution is 2.24. The molecule has 0 saturated carbocycles. The van der Waals surface area contributed by atoms with Gasteiger partial charge in [-0.1, -0.05) is 0 Å². The number of nitrogens with zero attached hydrogens (tertiary/aromatic N) is 3. The van der Waals surface area contributed by atoms with E-state index in [4.69, 9.17) is 9.84 Å². The molecule has 3 aromatic rings. The molecule has 0 aliphatic heterocycles. The van der Waals surface area contributed by atoms with Gasteiger partial charge in [-0.3, -0.25) is 4.40 Å². The minimum atomic E-state index is -0.981. The Bertz CT molecular complexity index is 823. The van der Waals surface area contributed by atoms with E-state index in [1.54, 1.807) is 16.5 Å². The smallest absolute Gasteiger partial charge is 0.335 e. The lowest BCUT2D eigenvalue weighted by Crippen LogP contribution is -2.03. The van der Waals surface area contributed by atoms with Gasteiger partial charge in [-0.15, -0.1) is 0 Å². The van der Waals surface area contributed by atoms with Crippen LogP contribution in [0, 0.1) is 6.92 Å². The van der Waals surface area contributed by atoms with Gasteiger partial charge in [0.05, 0.1) is 23.4 Å². The molecule has 0 saturated heterocycles. The molecule has 2 heterocycles. The maximum absolute atomic E-state index is 11.0. The molecule has 6 nitrogen and oxygen atoms in total. The third kappa shape index (κ3) is 1.85. The third-order valence-corrected chi connectivity index (χ3v) is 3.01. The van der Waals surface area contributed by atoms with Gasteiger partial charge in [0.25, 0.3) is 0 Å². The first-order valence-corrected chi connectivity index (χ1v) is 6.25. The van der Waals surface area contributed by atoms with Crippen LogP contribution in [0.2, 0.25) is 0 Å². The lowest BCUT2D eigenvalue weighted by atomic mass is 10.1. The second kappa shape index (κ2) is 4.48. The summed E-state index contributed by atoms with van der Waals surface area (Å²) >= 11 is 0. The third-order valence-electron chi connectivity index (χ3n) is 3.01. The van der Waals surface area contributed by atoms with Crippen LogP contribution < -0.4 is 4.74 Å². The molecule has 0 unspecified atom stereocenters. The molecule has 1 aromatic carbocycles. The largest absolute Gasteiger partial charge is 0.478 e. The van der Waals surface area contributed by atoms with E-state index in [0.29, 0.717) is 23.8 Å². The quantitative estimate of drug-likeness (QED) is 0.790. The summed E-state index contributed by atoms with van der Waals surface area (Å²) in [5.41, 5.74) is 2.32. The summed E-state index contributed by atoms with van der Waals surface area (Å²) in [6, 6.07) is 5.22. The van der Waals surface area contributed by atoms with E-state index < -0.39 is 5.97 Å². The molecule has 102 valence electrons. The predicted octanol–water partition coefficient (Wildman–Crippen LogP) is 2.29. The maximum Gasteiger partial charge on any atom is 0.335 e. The Balaban J connectivity index is 2.38. The van der Waals surface area contributed by atoms with Gasteiger partial charge in [0, 0.05) is 11.6 Å². The molecule has 2 aromatic heterocycles. The number of benzene rings is 1. The Kier molecular flexibility index (Phi) is 2.78. The summed E-state index contributed by atoms with van der Waals surface area (Å²) in [4.78, 5) is 19.9. The van der Waals surface area contributed by atoms with E-state index in [0.717, 1.165) is 11.1 Å². The van der Waals surface area contributed by atoms with Crippen LogP contribution in [0.15, 0.2) is 24.4 Å². The van der Waals surface area contributed by atoms with Crippen molar-refractivity contribution in [2.24, 2.45) is 0 Å². The van der Waals surface area contributed by atoms with Crippen molar-refractivity contribution in [1.82, 2.24) is 14.4 Å². The number of carboxylic acid groups (broad SMARTS) is 1. The van der Waals surface area contributed by atoms with Gasteiger partial charge in [-0.05, 0) is 32.0 Å². The van der Waals surface area contributed by atoms with Crippen LogP contribution in [0.4, 0.5) is 0 Å². The number of fused-ring (bicyclic) bond motifs is 3.